The summed E-state index contributed by atoms with van der Waals surface area (Å²) >= 11 is 1.36. The van der Waals surface area contributed by atoms with E-state index in [0.29, 0.717) is 19.7 Å². The highest BCUT2D eigenvalue weighted by atomic mass is 32.2. The summed E-state index contributed by atoms with van der Waals surface area (Å²) in [5.74, 6) is 0.818. The van der Waals surface area contributed by atoms with Gasteiger partial charge in [0, 0.05) is 12.3 Å². The topological polar surface area (TPSA) is 78.3 Å². The number of ether oxygens (including phenoxy) is 2. The quantitative estimate of drug-likeness (QED) is 0.507. The zero-order valence-electron chi connectivity index (χ0n) is 16.7. The van der Waals surface area contributed by atoms with Crippen LogP contribution in [-0.2, 0) is 27.4 Å². The second-order valence-electron chi connectivity index (χ2n) is 6.91. The molecule has 8 heteroatoms. The fourth-order valence-corrected chi connectivity index (χ4v) is 4.01. The Morgan fingerprint density at radius 2 is 2.25 bits per heavy atom. The van der Waals surface area contributed by atoms with Crippen molar-refractivity contribution in [2.75, 3.05) is 24.3 Å². The molecule has 1 aromatic heterocycles. The molecule has 1 fully saturated rings. The number of hydrogen-bond donors (Lipinski definition) is 1. The number of hydrogen-bond acceptors (Lipinski definition) is 7. The largest absolute Gasteiger partial charge is 0.465 e. The van der Waals surface area contributed by atoms with Gasteiger partial charge in [0.15, 0.2) is 11.0 Å². The highest BCUT2D eigenvalue weighted by Crippen LogP contribution is 2.23. The Bertz CT molecular complexity index is 803. The number of carbonyl (C=O) groups is 1. The van der Waals surface area contributed by atoms with Gasteiger partial charge in [-0.2, -0.15) is 0 Å². The van der Waals surface area contributed by atoms with Crippen LogP contribution in [0.2, 0.25) is 0 Å². The SMILES string of the molecule is CCOC(=O)CSc1nnc(CNc2ccc(C)cc2C)n1C[C@H]1CCCO1. The average molecular weight is 405 g/mol. The molecule has 1 atom stereocenters. The van der Waals surface area contributed by atoms with Crippen LogP contribution in [0.25, 0.3) is 0 Å². The van der Waals surface area contributed by atoms with Gasteiger partial charge < -0.3 is 19.4 Å². The predicted molar refractivity (Wildman–Crippen MR) is 110 cm³/mol. The normalized spacial score (nSPS) is 16.3. The van der Waals surface area contributed by atoms with Crippen LogP contribution in [0.15, 0.2) is 23.4 Å². The number of anilines is 1. The summed E-state index contributed by atoms with van der Waals surface area (Å²) in [6.45, 7) is 8.42. The molecular formula is C20H28N4O3S. The summed E-state index contributed by atoms with van der Waals surface area (Å²) < 4.78 is 12.9. The minimum absolute atomic E-state index is 0.165. The van der Waals surface area contributed by atoms with Crippen LogP contribution in [0, 0.1) is 13.8 Å². The molecule has 0 aliphatic carbocycles. The first kappa shape index (κ1) is 20.7. The standard InChI is InChI=1S/C20H28N4O3S/c1-4-26-19(25)13-28-20-23-22-18(24(20)12-16-6-5-9-27-16)11-21-17-8-7-14(2)10-15(17)3/h7-8,10,16,21H,4-6,9,11-13H2,1-3H3/t16-/m1/s1. The molecule has 1 aromatic carbocycles. The molecule has 28 heavy (non-hydrogen) atoms. The minimum atomic E-state index is -0.242. The van der Waals surface area contributed by atoms with E-state index in [1.807, 2.05) is 0 Å². The Hall–Kier alpha value is -2.06. The molecule has 0 saturated carbocycles. The molecule has 2 aromatic rings. The Balaban J connectivity index is 1.72. The summed E-state index contributed by atoms with van der Waals surface area (Å²) in [7, 11) is 0. The zero-order chi connectivity index (χ0) is 19.9. The van der Waals surface area contributed by atoms with Crippen LogP contribution in [0.3, 0.4) is 0 Å². The van der Waals surface area contributed by atoms with E-state index < -0.39 is 0 Å². The molecule has 7 nitrogen and oxygen atoms in total. The number of thioether (sulfide) groups is 1. The lowest BCUT2D eigenvalue weighted by molar-refractivity contribution is -0.139. The van der Waals surface area contributed by atoms with Crippen LogP contribution in [-0.4, -0.2) is 45.8 Å². The number of esters is 1. The molecule has 0 unspecified atom stereocenters. The van der Waals surface area contributed by atoms with Gasteiger partial charge in [-0.3, -0.25) is 4.79 Å². The highest BCUT2D eigenvalue weighted by molar-refractivity contribution is 7.99. The van der Waals surface area contributed by atoms with Crippen molar-refractivity contribution in [3.8, 4) is 0 Å². The summed E-state index contributed by atoms with van der Waals surface area (Å²) in [6.07, 6.45) is 2.27. The van der Waals surface area contributed by atoms with E-state index in [2.05, 4.69) is 52.1 Å². The second-order valence-corrected chi connectivity index (χ2v) is 7.85. The van der Waals surface area contributed by atoms with Gasteiger partial charge in [0.05, 0.1) is 31.6 Å². The van der Waals surface area contributed by atoms with Crippen molar-refractivity contribution >= 4 is 23.4 Å². The van der Waals surface area contributed by atoms with Crippen LogP contribution in [0.1, 0.15) is 36.7 Å². The third-order valence-electron chi connectivity index (χ3n) is 4.65. The van der Waals surface area contributed by atoms with Crippen molar-refractivity contribution in [2.24, 2.45) is 0 Å². The number of aryl methyl sites for hydroxylation is 2. The number of nitrogens with one attached hydrogen (secondary N) is 1. The van der Waals surface area contributed by atoms with E-state index in [-0.39, 0.29) is 17.8 Å². The molecule has 1 saturated heterocycles. The Morgan fingerprint density at radius 3 is 2.96 bits per heavy atom. The maximum Gasteiger partial charge on any atom is 0.316 e. The third kappa shape index (κ3) is 5.48. The number of benzene rings is 1. The molecule has 2 heterocycles. The van der Waals surface area contributed by atoms with Crippen molar-refractivity contribution in [1.29, 1.82) is 0 Å². The Kier molecular flexibility index (Phi) is 7.33. The maximum absolute atomic E-state index is 11.7. The smallest absolute Gasteiger partial charge is 0.316 e. The zero-order valence-corrected chi connectivity index (χ0v) is 17.6. The molecule has 152 valence electrons. The molecule has 1 N–H and O–H groups in total. The van der Waals surface area contributed by atoms with Gasteiger partial charge in [-0.05, 0) is 45.2 Å². The van der Waals surface area contributed by atoms with Gasteiger partial charge >= 0.3 is 5.97 Å². The highest BCUT2D eigenvalue weighted by Gasteiger charge is 2.21. The number of carbonyl (C=O) groups excluding carboxylic acids is 1. The molecule has 3 rings (SSSR count). The van der Waals surface area contributed by atoms with E-state index in [4.69, 9.17) is 9.47 Å². The van der Waals surface area contributed by atoms with E-state index >= 15 is 0 Å². The lowest BCUT2D eigenvalue weighted by Crippen LogP contribution is -2.19. The predicted octanol–water partition coefficient (Wildman–Crippen LogP) is 3.34. The van der Waals surface area contributed by atoms with Gasteiger partial charge in [0.1, 0.15) is 0 Å². The third-order valence-corrected chi connectivity index (χ3v) is 5.59. The van der Waals surface area contributed by atoms with Crippen LogP contribution in [0.5, 0.6) is 0 Å². The molecule has 0 bridgehead atoms. The van der Waals surface area contributed by atoms with Gasteiger partial charge in [0.25, 0.3) is 0 Å². The molecule has 0 spiro atoms. The van der Waals surface area contributed by atoms with E-state index in [1.165, 1.54) is 22.9 Å². The van der Waals surface area contributed by atoms with E-state index in [0.717, 1.165) is 36.1 Å². The molecule has 0 radical (unpaired) electrons. The Labute approximate surface area is 170 Å². The van der Waals surface area contributed by atoms with Crippen molar-refractivity contribution in [2.45, 2.75) is 58.0 Å². The lowest BCUT2D eigenvalue weighted by atomic mass is 10.1. The van der Waals surface area contributed by atoms with Crippen molar-refractivity contribution in [3.05, 3.63) is 35.2 Å². The molecule has 0 amide bonds. The van der Waals surface area contributed by atoms with E-state index in [1.54, 1.807) is 6.92 Å². The van der Waals surface area contributed by atoms with E-state index in [9.17, 15) is 4.79 Å². The fourth-order valence-electron chi connectivity index (χ4n) is 3.24. The summed E-state index contributed by atoms with van der Waals surface area (Å²) in [5.41, 5.74) is 3.52. The molecule has 1 aliphatic heterocycles. The van der Waals surface area contributed by atoms with Gasteiger partial charge in [-0.15, -0.1) is 10.2 Å². The minimum Gasteiger partial charge on any atom is -0.465 e. The summed E-state index contributed by atoms with van der Waals surface area (Å²) in [6, 6.07) is 6.33. The van der Waals surface area contributed by atoms with Crippen molar-refractivity contribution in [1.82, 2.24) is 14.8 Å². The first-order valence-electron chi connectivity index (χ1n) is 9.70. The van der Waals surface area contributed by atoms with Crippen LogP contribution in [0.4, 0.5) is 5.69 Å². The lowest BCUT2D eigenvalue weighted by Gasteiger charge is -2.15. The van der Waals surface area contributed by atoms with Gasteiger partial charge in [0.2, 0.25) is 0 Å². The molecule has 1 aliphatic rings. The number of rotatable bonds is 9. The number of nitrogens with zero attached hydrogens (tertiary/aromatic N) is 3. The first-order chi connectivity index (χ1) is 13.6. The Morgan fingerprint density at radius 1 is 1.39 bits per heavy atom. The van der Waals surface area contributed by atoms with Crippen molar-refractivity contribution < 1.29 is 14.3 Å². The van der Waals surface area contributed by atoms with Crippen LogP contribution < -0.4 is 5.32 Å². The maximum atomic E-state index is 11.7. The van der Waals surface area contributed by atoms with Crippen LogP contribution >= 0.6 is 11.8 Å². The molecular weight excluding hydrogens is 376 g/mol. The van der Waals surface area contributed by atoms with Crippen molar-refractivity contribution in [3.63, 3.8) is 0 Å². The monoisotopic (exact) mass is 404 g/mol. The van der Waals surface area contributed by atoms with Gasteiger partial charge in [-0.1, -0.05) is 29.5 Å². The number of aromatic nitrogens is 3. The summed E-state index contributed by atoms with van der Waals surface area (Å²) in [4.78, 5) is 11.7. The second kappa shape index (κ2) is 9.93. The average Bonchev–Trinajstić information content (AvgIpc) is 3.30. The first-order valence-corrected chi connectivity index (χ1v) is 10.7. The van der Waals surface area contributed by atoms with Gasteiger partial charge in [-0.25, -0.2) is 0 Å². The summed E-state index contributed by atoms with van der Waals surface area (Å²) in [5, 5.41) is 12.9. The fraction of sp³-hybridized carbons (Fsp3) is 0.550.